The van der Waals surface area contributed by atoms with Crippen molar-refractivity contribution in [2.24, 2.45) is 5.73 Å². The summed E-state index contributed by atoms with van der Waals surface area (Å²) in [7, 11) is 0. The fourth-order valence-corrected chi connectivity index (χ4v) is 1.36. The summed E-state index contributed by atoms with van der Waals surface area (Å²) in [6.07, 6.45) is 0.886. The van der Waals surface area contributed by atoms with Crippen molar-refractivity contribution >= 4 is 0 Å². The Morgan fingerprint density at radius 1 is 1.38 bits per heavy atom. The maximum absolute atomic E-state index is 5.52. The van der Waals surface area contributed by atoms with Crippen LogP contribution in [0.15, 0.2) is 18.2 Å². The second-order valence-electron chi connectivity index (χ2n) is 3.08. The van der Waals surface area contributed by atoms with Crippen LogP contribution in [0.2, 0.25) is 0 Å². The van der Waals surface area contributed by atoms with Gasteiger partial charge in [0.1, 0.15) is 5.75 Å². The lowest BCUT2D eigenvalue weighted by atomic mass is 10.1. The van der Waals surface area contributed by atoms with Crippen LogP contribution in [0.5, 0.6) is 5.75 Å². The van der Waals surface area contributed by atoms with E-state index in [1.807, 2.05) is 13.0 Å². The molecule has 0 atom stereocenters. The molecule has 0 saturated heterocycles. The Hall–Kier alpha value is -1.02. The summed E-state index contributed by atoms with van der Waals surface area (Å²) in [6, 6.07) is 6.21. The molecule has 0 fully saturated rings. The Morgan fingerprint density at radius 3 is 2.77 bits per heavy atom. The van der Waals surface area contributed by atoms with Crippen molar-refractivity contribution in [3.8, 4) is 5.75 Å². The number of benzene rings is 1. The van der Waals surface area contributed by atoms with Crippen LogP contribution in [0, 0.1) is 6.92 Å². The standard InChI is InChI=1S/C11H17NO/c1-3-13-11-5-4-9(2)8-10(11)6-7-12/h4-5,8H,3,6-7,12H2,1-2H3. The van der Waals surface area contributed by atoms with Crippen LogP contribution in [0.25, 0.3) is 0 Å². The van der Waals surface area contributed by atoms with Crippen molar-refractivity contribution in [2.75, 3.05) is 13.2 Å². The topological polar surface area (TPSA) is 35.2 Å². The van der Waals surface area contributed by atoms with E-state index in [1.54, 1.807) is 0 Å². The molecule has 0 aliphatic heterocycles. The van der Waals surface area contributed by atoms with E-state index in [4.69, 9.17) is 10.5 Å². The zero-order valence-corrected chi connectivity index (χ0v) is 8.34. The summed E-state index contributed by atoms with van der Waals surface area (Å²) in [5.74, 6) is 0.971. The van der Waals surface area contributed by atoms with Crippen LogP contribution in [0.1, 0.15) is 18.1 Å². The molecule has 1 rings (SSSR count). The first-order valence-corrected chi connectivity index (χ1v) is 4.70. The molecule has 1 aromatic carbocycles. The van der Waals surface area contributed by atoms with Gasteiger partial charge >= 0.3 is 0 Å². The van der Waals surface area contributed by atoms with Crippen molar-refractivity contribution in [1.29, 1.82) is 0 Å². The highest BCUT2D eigenvalue weighted by atomic mass is 16.5. The van der Waals surface area contributed by atoms with Gasteiger partial charge < -0.3 is 10.5 Å². The number of nitrogens with two attached hydrogens (primary N) is 1. The molecule has 0 aliphatic rings. The number of rotatable bonds is 4. The third kappa shape index (κ3) is 2.74. The quantitative estimate of drug-likeness (QED) is 0.766. The molecule has 0 radical (unpaired) electrons. The van der Waals surface area contributed by atoms with Gasteiger partial charge in [0.15, 0.2) is 0 Å². The molecule has 2 nitrogen and oxygen atoms in total. The molecule has 0 aromatic heterocycles. The fraction of sp³-hybridized carbons (Fsp3) is 0.455. The van der Waals surface area contributed by atoms with Crippen LogP contribution in [-0.4, -0.2) is 13.2 Å². The second-order valence-corrected chi connectivity index (χ2v) is 3.08. The van der Waals surface area contributed by atoms with Gasteiger partial charge in [-0.3, -0.25) is 0 Å². The predicted molar refractivity (Wildman–Crippen MR) is 55.1 cm³/mol. The maximum Gasteiger partial charge on any atom is 0.122 e. The van der Waals surface area contributed by atoms with Crippen molar-refractivity contribution in [3.05, 3.63) is 29.3 Å². The zero-order valence-electron chi connectivity index (χ0n) is 8.34. The van der Waals surface area contributed by atoms with Crippen LogP contribution in [0.4, 0.5) is 0 Å². The molecule has 2 N–H and O–H groups in total. The van der Waals surface area contributed by atoms with Gasteiger partial charge in [-0.2, -0.15) is 0 Å². The van der Waals surface area contributed by atoms with Gasteiger partial charge in [-0.25, -0.2) is 0 Å². The van der Waals surface area contributed by atoms with E-state index in [-0.39, 0.29) is 0 Å². The molecule has 1 aromatic rings. The normalized spacial score (nSPS) is 10.1. The average molecular weight is 179 g/mol. The highest BCUT2D eigenvalue weighted by Crippen LogP contribution is 2.20. The number of hydrogen-bond donors (Lipinski definition) is 1. The fourth-order valence-electron chi connectivity index (χ4n) is 1.36. The predicted octanol–water partition coefficient (Wildman–Crippen LogP) is 1.89. The third-order valence-electron chi connectivity index (χ3n) is 1.93. The van der Waals surface area contributed by atoms with E-state index in [0.29, 0.717) is 13.2 Å². The lowest BCUT2D eigenvalue weighted by molar-refractivity contribution is 0.336. The largest absolute Gasteiger partial charge is 0.494 e. The van der Waals surface area contributed by atoms with Crippen LogP contribution in [-0.2, 0) is 6.42 Å². The second kappa shape index (κ2) is 4.87. The molecule has 0 unspecified atom stereocenters. The van der Waals surface area contributed by atoms with Gasteiger partial charge in [0, 0.05) is 0 Å². The van der Waals surface area contributed by atoms with Gasteiger partial charge in [0.2, 0.25) is 0 Å². The smallest absolute Gasteiger partial charge is 0.122 e. The van der Waals surface area contributed by atoms with E-state index >= 15 is 0 Å². The molecule has 0 saturated carbocycles. The molecular formula is C11H17NO. The van der Waals surface area contributed by atoms with Gasteiger partial charge in [0.25, 0.3) is 0 Å². The maximum atomic E-state index is 5.52. The van der Waals surface area contributed by atoms with Crippen molar-refractivity contribution in [1.82, 2.24) is 0 Å². The van der Waals surface area contributed by atoms with Gasteiger partial charge in [0.05, 0.1) is 6.61 Å². The first-order valence-electron chi connectivity index (χ1n) is 4.70. The minimum Gasteiger partial charge on any atom is -0.494 e. The zero-order chi connectivity index (χ0) is 9.68. The van der Waals surface area contributed by atoms with Gasteiger partial charge in [-0.1, -0.05) is 17.7 Å². The Bertz CT molecular complexity index is 271. The molecule has 0 bridgehead atoms. The average Bonchev–Trinajstić information content (AvgIpc) is 2.10. The lowest BCUT2D eigenvalue weighted by Crippen LogP contribution is -2.05. The van der Waals surface area contributed by atoms with Crippen LogP contribution in [0.3, 0.4) is 0 Å². The molecule has 0 aliphatic carbocycles. The lowest BCUT2D eigenvalue weighted by Gasteiger charge is -2.09. The number of ether oxygens (including phenoxy) is 1. The Labute approximate surface area is 79.7 Å². The SMILES string of the molecule is CCOc1ccc(C)cc1CCN. The molecule has 0 amide bonds. The summed E-state index contributed by atoms with van der Waals surface area (Å²) in [4.78, 5) is 0. The third-order valence-corrected chi connectivity index (χ3v) is 1.93. The minimum atomic E-state index is 0.670. The van der Waals surface area contributed by atoms with Crippen LogP contribution >= 0.6 is 0 Å². The first kappa shape index (κ1) is 10.1. The molecular weight excluding hydrogens is 162 g/mol. The Balaban J connectivity index is 2.89. The molecule has 0 heterocycles. The van der Waals surface area contributed by atoms with Gasteiger partial charge in [-0.05, 0) is 38.4 Å². The van der Waals surface area contributed by atoms with E-state index in [1.165, 1.54) is 11.1 Å². The summed E-state index contributed by atoms with van der Waals surface area (Å²) in [5, 5.41) is 0. The number of hydrogen-bond acceptors (Lipinski definition) is 2. The Morgan fingerprint density at radius 2 is 2.15 bits per heavy atom. The van der Waals surface area contributed by atoms with E-state index in [9.17, 15) is 0 Å². The highest BCUT2D eigenvalue weighted by molar-refractivity contribution is 5.37. The molecule has 2 heteroatoms. The number of aryl methyl sites for hydroxylation is 1. The van der Waals surface area contributed by atoms with Crippen molar-refractivity contribution < 1.29 is 4.74 Å². The Kier molecular flexibility index (Phi) is 3.77. The van der Waals surface area contributed by atoms with Crippen molar-refractivity contribution in [2.45, 2.75) is 20.3 Å². The summed E-state index contributed by atoms with van der Waals surface area (Å²) in [5.41, 5.74) is 7.99. The first-order chi connectivity index (χ1) is 6.27. The van der Waals surface area contributed by atoms with E-state index in [0.717, 1.165) is 12.2 Å². The molecule has 0 spiro atoms. The summed E-state index contributed by atoms with van der Waals surface area (Å²) < 4.78 is 5.49. The van der Waals surface area contributed by atoms with E-state index < -0.39 is 0 Å². The minimum absolute atomic E-state index is 0.670. The summed E-state index contributed by atoms with van der Waals surface area (Å²) in [6.45, 7) is 5.45. The molecule has 72 valence electrons. The van der Waals surface area contributed by atoms with E-state index in [2.05, 4.69) is 19.1 Å². The van der Waals surface area contributed by atoms with Gasteiger partial charge in [-0.15, -0.1) is 0 Å². The van der Waals surface area contributed by atoms with Crippen molar-refractivity contribution in [3.63, 3.8) is 0 Å². The monoisotopic (exact) mass is 179 g/mol. The van der Waals surface area contributed by atoms with Crippen LogP contribution < -0.4 is 10.5 Å². The highest BCUT2D eigenvalue weighted by Gasteiger charge is 2.01. The summed E-state index contributed by atoms with van der Waals surface area (Å²) >= 11 is 0. The molecule has 13 heavy (non-hydrogen) atoms.